The molecule has 3 nitrogen and oxygen atoms in total. The van der Waals surface area contributed by atoms with Crippen molar-refractivity contribution in [3.8, 4) is 5.75 Å². The molecular formula is C12H12O3. The predicted molar refractivity (Wildman–Crippen MR) is 56.4 cm³/mol. The Bertz CT molecular complexity index is 432. The minimum absolute atomic E-state index is 0.00586. The molecule has 78 valence electrons. The van der Waals surface area contributed by atoms with Gasteiger partial charge in [0.25, 0.3) is 0 Å². The number of benzene rings is 1. The van der Waals surface area contributed by atoms with E-state index in [1.807, 2.05) is 18.2 Å². The first kappa shape index (κ1) is 9.77. The second-order valence-electron chi connectivity index (χ2n) is 3.43. The largest absolute Gasteiger partial charge is 0.497 e. The second-order valence-corrected chi connectivity index (χ2v) is 3.43. The topological polar surface area (TPSA) is 35.5 Å². The number of rotatable bonds is 2. The lowest BCUT2D eigenvalue weighted by molar-refractivity contribution is -0.112. The number of allylic oxidation sites excluding steroid dienone is 1. The van der Waals surface area contributed by atoms with E-state index in [4.69, 9.17) is 9.47 Å². The third-order valence-corrected chi connectivity index (χ3v) is 2.30. The normalized spacial score (nSPS) is 16.0. The van der Waals surface area contributed by atoms with E-state index in [1.165, 1.54) is 13.0 Å². The Hall–Kier alpha value is -1.77. The number of methoxy groups -OCH3 is 1. The Balaban J connectivity index is 2.40. The van der Waals surface area contributed by atoms with Crippen LogP contribution in [0.4, 0.5) is 0 Å². The molecule has 0 spiro atoms. The van der Waals surface area contributed by atoms with Crippen LogP contribution in [0.25, 0.3) is 5.76 Å². The van der Waals surface area contributed by atoms with Crippen LogP contribution >= 0.6 is 0 Å². The summed E-state index contributed by atoms with van der Waals surface area (Å²) in [6.45, 7) is 2.02. The van der Waals surface area contributed by atoms with Gasteiger partial charge in [0.15, 0.2) is 5.78 Å². The molecule has 0 bridgehead atoms. The van der Waals surface area contributed by atoms with Crippen LogP contribution < -0.4 is 4.74 Å². The maximum atomic E-state index is 11.0. The molecule has 1 aliphatic rings. The standard InChI is InChI=1S/C12H12O3/c1-8(13)5-12-11-4-3-10(14-2)6-9(11)7-15-12/h3-6H,7H2,1-2H3/b12-5+. The highest BCUT2D eigenvalue weighted by Gasteiger charge is 2.18. The SMILES string of the molecule is COc1ccc2c(c1)CO/C2=C/C(C)=O. The Labute approximate surface area is 88.3 Å². The summed E-state index contributed by atoms with van der Waals surface area (Å²) in [4.78, 5) is 11.0. The molecule has 0 unspecified atom stereocenters. The zero-order valence-electron chi connectivity index (χ0n) is 8.74. The molecule has 0 amide bonds. The lowest BCUT2D eigenvalue weighted by Gasteiger charge is -2.01. The molecule has 1 aromatic rings. The number of ketones is 1. The average molecular weight is 204 g/mol. The molecule has 3 heteroatoms. The molecule has 0 aliphatic carbocycles. The number of hydrogen-bond donors (Lipinski definition) is 0. The fourth-order valence-corrected chi connectivity index (χ4v) is 1.59. The van der Waals surface area contributed by atoms with Gasteiger partial charge in [-0.1, -0.05) is 0 Å². The summed E-state index contributed by atoms with van der Waals surface area (Å²) in [6.07, 6.45) is 1.51. The van der Waals surface area contributed by atoms with E-state index in [1.54, 1.807) is 7.11 Å². The van der Waals surface area contributed by atoms with Gasteiger partial charge < -0.3 is 9.47 Å². The first-order chi connectivity index (χ1) is 7.20. The highest BCUT2D eigenvalue weighted by Crippen LogP contribution is 2.32. The average Bonchev–Trinajstić information content (AvgIpc) is 2.60. The fraction of sp³-hybridized carbons (Fsp3) is 0.250. The highest BCUT2D eigenvalue weighted by molar-refractivity contribution is 5.94. The molecule has 0 saturated heterocycles. The maximum absolute atomic E-state index is 11.0. The first-order valence-electron chi connectivity index (χ1n) is 4.73. The van der Waals surface area contributed by atoms with Gasteiger partial charge in [0.2, 0.25) is 0 Å². The first-order valence-corrected chi connectivity index (χ1v) is 4.73. The van der Waals surface area contributed by atoms with Gasteiger partial charge in [-0.15, -0.1) is 0 Å². The third-order valence-electron chi connectivity index (χ3n) is 2.30. The molecule has 1 aromatic carbocycles. The van der Waals surface area contributed by atoms with Gasteiger partial charge in [0, 0.05) is 17.2 Å². The zero-order valence-corrected chi connectivity index (χ0v) is 8.74. The van der Waals surface area contributed by atoms with E-state index in [0.717, 1.165) is 16.9 Å². The van der Waals surface area contributed by atoms with E-state index in [-0.39, 0.29) is 5.78 Å². The van der Waals surface area contributed by atoms with Gasteiger partial charge in [-0.3, -0.25) is 4.79 Å². The van der Waals surface area contributed by atoms with E-state index < -0.39 is 0 Å². The van der Waals surface area contributed by atoms with Crippen molar-refractivity contribution in [3.05, 3.63) is 35.4 Å². The molecule has 0 aromatic heterocycles. The van der Waals surface area contributed by atoms with Crippen molar-refractivity contribution in [1.82, 2.24) is 0 Å². The van der Waals surface area contributed by atoms with Crippen LogP contribution in [0.1, 0.15) is 18.1 Å². The number of fused-ring (bicyclic) bond motifs is 1. The smallest absolute Gasteiger partial charge is 0.156 e. The summed E-state index contributed by atoms with van der Waals surface area (Å²) < 4.78 is 10.5. The van der Waals surface area contributed by atoms with Crippen molar-refractivity contribution in [3.63, 3.8) is 0 Å². The predicted octanol–water partition coefficient (Wildman–Crippen LogP) is 2.16. The number of hydrogen-bond acceptors (Lipinski definition) is 3. The molecule has 1 aliphatic heterocycles. The Kier molecular flexibility index (Phi) is 2.46. The van der Waals surface area contributed by atoms with E-state index in [9.17, 15) is 4.79 Å². The molecule has 1 heterocycles. The minimum atomic E-state index is -0.00586. The van der Waals surface area contributed by atoms with E-state index >= 15 is 0 Å². The van der Waals surface area contributed by atoms with Crippen LogP contribution in [0.5, 0.6) is 5.75 Å². The van der Waals surface area contributed by atoms with E-state index in [0.29, 0.717) is 12.4 Å². The number of carbonyl (C=O) groups is 1. The van der Waals surface area contributed by atoms with Gasteiger partial charge in [0.1, 0.15) is 18.1 Å². The van der Waals surface area contributed by atoms with Crippen LogP contribution in [0.2, 0.25) is 0 Å². The minimum Gasteiger partial charge on any atom is -0.497 e. The molecule has 0 atom stereocenters. The fourth-order valence-electron chi connectivity index (χ4n) is 1.59. The second kappa shape index (κ2) is 3.77. The summed E-state index contributed by atoms with van der Waals surface area (Å²) in [5, 5.41) is 0. The van der Waals surface area contributed by atoms with Crippen LogP contribution in [0.3, 0.4) is 0 Å². The van der Waals surface area contributed by atoms with Crippen LogP contribution in [-0.4, -0.2) is 12.9 Å². The molecule has 15 heavy (non-hydrogen) atoms. The highest BCUT2D eigenvalue weighted by atomic mass is 16.5. The van der Waals surface area contributed by atoms with Gasteiger partial charge in [-0.2, -0.15) is 0 Å². The number of ether oxygens (including phenoxy) is 2. The van der Waals surface area contributed by atoms with Crippen molar-refractivity contribution in [1.29, 1.82) is 0 Å². The monoisotopic (exact) mass is 204 g/mol. The molecule has 0 saturated carbocycles. The maximum Gasteiger partial charge on any atom is 0.156 e. The summed E-state index contributed by atoms with van der Waals surface area (Å²) in [5.74, 6) is 1.45. The van der Waals surface area contributed by atoms with Crippen LogP contribution in [0.15, 0.2) is 24.3 Å². The Morgan fingerprint density at radius 1 is 1.53 bits per heavy atom. The summed E-state index contributed by atoms with van der Waals surface area (Å²) in [7, 11) is 1.63. The van der Waals surface area contributed by atoms with Gasteiger partial charge in [-0.25, -0.2) is 0 Å². The molecule has 2 rings (SSSR count). The third kappa shape index (κ3) is 1.86. The molecule has 0 fully saturated rings. The molecular weight excluding hydrogens is 192 g/mol. The van der Waals surface area contributed by atoms with Crippen molar-refractivity contribution < 1.29 is 14.3 Å². The summed E-state index contributed by atoms with van der Waals surface area (Å²) >= 11 is 0. The lowest BCUT2D eigenvalue weighted by atomic mass is 10.1. The zero-order chi connectivity index (χ0) is 10.8. The molecule has 0 radical (unpaired) electrons. The lowest BCUT2D eigenvalue weighted by Crippen LogP contribution is -1.88. The number of carbonyl (C=O) groups excluding carboxylic acids is 1. The van der Waals surface area contributed by atoms with Crippen molar-refractivity contribution in [2.75, 3.05) is 7.11 Å². The van der Waals surface area contributed by atoms with Crippen molar-refractivity contribution in [2.24, 2.45) is 0 Å². The molecule has 0 N–H and O–H groups in total. The van der Waals surface area contributed by atoms with Crippen LogP contribution in [0, 0.1) is 0 Å². The van der Waals surface area contributed by atoms with Gasteiger partial charge >= 0.3 is 0 Å². The summed E-state index contributed by atoms with van der Waals surface area (Å²) in [6, 6.07) is 5.70. The van der Waals surface area contributed by atoms with Crippen molar-refractivity contribution in [2.45, 2.75) is 13.5 Å². The van der Waals surface area contributed by atoms with Crippen LogP contribution in [-0.2, 0) is 16.1 Å². The Morgan fingerprint density at radius 3 is 3.00 bits per heavy atom. The van der Waals surface area contributed by atoms with E-state index in [2.05, 4.69) is 0 Å². The van der Waals surface area contributed by atoms with Gasteiger partial charge in [0.05, 0.1) is 7.11 Å². The van der Waals surface area contributed by atoms with Gasteiger partial charge in [-0.05, 0) is 25.1 Å². The Morgan fingerprint density at radius 2 is 2.33 bits per heavy atom. The summed E-state index contributed by atoms with van der Waals surface area (Å²) in [5.41, 5.74) is 2.04. The quantitative estimate of drug-likeness (QED) is 0.692. The van der Waals surface area contributed by atoms with Crippen molar-refractivity contribution >= 4 is 11.5 Å².